The molecule has 1 aliphatic heterocycles. The van der Waals surface area contributed by atoms with Gasteiger partial charge in [0, 0.05) is 31.7 Å². The van der Waals surface area contributed by atoms with E-state index >= 15 is 0 Å². The molecule has 2 rings (SSSR count). The molecule has 1 N–H and O–H groups in total. The van der Waals surface area contributed by atoms with Crippen molar-refractivity contribution in [3.8, 4) is 0 Å². The Morgan fingerprint density at radius 2 is 2.47 bits per heavy atom. The molecule has 1 aliphatic rings. The van der Waals surface area contributed by atoms with Gasteiger partial charge in [-0.15, -0.1) is 0 Å². The number of likely N-dealkylation sites (tertiary alicyclic amines) is 1. The van der Waals surface area contributed by atoms with Gasteiger partial charge in [-0.1, -0.05) is 13.8 Å². The Labute approximate surface area is 96.3 Å². The maximum atomic E-state index is 3.61. The molecule has 0 aliphatic carbocycles. The Hall–Kier alpha value is -0.380. The van der Waals surface area contributed by atoms with Crippen LogP contribution in [0.25, 0.3) is 0 Å². The van der Waals surface area contributed by atoms with Gasteiger partial charge >= 0.3 is 0 Å². The SMILES string of the molecule is CC(C)NC1CCN(Cc2ccsc2)C1. The average molecular weight is 224 g/mol. The highest BCUT2D eigenvalue weighted by molar-refractivity contribution is 7.07. The zero-order chi connectivity index (χ0) is 10.7. The van der Waals surface area contributed by atoms with Crippen molar-refractivity contribution in [2.75, 3.05) is 13.1 Å². The van der Waals surface area contributed by atoms with Gasteiger partial charge in [0.05, 0.1) is 0 Å². The largest absolute Gasteiger partial charge is 0.310 e. The van der Waals surface area contributed by atoms with E-state index < -0.39 is 0 Å². The quantitative estimate of drug-likeness (QED) is 0.844. The van der Waals surface area contributed by atoms with Crippen molar-refractivity contribution in [2.45, 2.75) is 38.9 Å². The maximum absolute atomic E-state index is 3.61. The number of thiophene rings is 1. The fourth-order valence-corrected chi connectivity index (χ4v) is 2.88. The van der Waals surface area contributed by atoms with Crippen molar-refractivity contribution in [3.63, 3.8) is 0 Å². The molecular formula is C12H20N2S. The molecule has 0 saturated carbocycles. The average Bonchev–Trinajstić information content (AvgIpc) is 2.77. The Kier molecular flexibility index (Phi) is 3.78. The monoisotopic (exact) mass is 224 g/mol. The second kappa shape index (κ2) is 5.10. The summed E-state index contributed by atoms with van der Waals surface area (Å²) in [5.41, 5.74) is 1.46. The summed E-state index contributed by atoms with van der Waals surface area (Å²) in [7, 11) is 0. The van der Waals surface area contributed by atoms with E-state index in [1.807, 2.05) is 0 Å². The van der Waals surface area contributed by atoms with E-state index in [0.29, 0.717) is 12.1 Å². The minimum atomic E-state index is 0.607. The van der Waals surface area contributed by atoms with Gasteiger partial charge in [-0.05, 0) is 28.8 Å². The first-order valence-corrected chi connectivity index (χ1v) is 6.68. The van der Waals surface area contributed by atoms with Gasteiger partial charge in [0.15, 0.2) is 0 Å². The van der Waals surface area contributed by atoms with E-state index in [1.165, 1.54) is 25.1 Å². The van der Waals surface area contributed by atoms with Crippen LogP contribution in [0.5, 0.6) is 0 Å². The molecule has 1 fully saturated rings. The zero-order valence-electron chi connectivity index (χ0n) is 9.57. The molecule has 1 unspecified atom stereocenters. The van der Waals surface area contributed by atoms with Crippen LogP contribution in [0.3, 0.4) is 0 Å². The van der Waals surface area contributed by atoms with E-state index in [0.717, 1.165) is 6.54 Å². The van der Waals surface area contributed by atoms with Crippen molar-refractivity contribution < 1.29 is 0 Å². The maximum Gasteiger partial charge on any atom is 0.0242 e. The first-order chi connectivity index (χ1) is 7.24. The number of rotatable bonds is 4. The predicted molar refractivity (Wildman–Crippen MR) is 66.3 cm³/mol. The fraction of sp³-hybridized carbons (Fsp3) is 0.667. The summed E-state index contributed by atoms with van der Waals surface area (Å²) >= 11 is 1.79. The summed E-state index contributed by atoms with van der Waals surface area (Å²) in [4.78, 5) is 2.54. The van der Waals surface area contributed by atoms with E-state index in [9.17, 15) is 0 Å². The lowest BCUT2D eigenvalue weighted by Gasteiger charge is -2.17. The molecule has 2 heterocycles. The summed E-state index contributed by atoms with van der Waals surface area (Å²) in [6.07, 6.45) is 1.29. The van der Waals surface area contributed by atoms with Crippen LogP contribution < -0.4 is 5.32 Å². The van der Waals surface area contributed by atoms with Crippen molar-refractivity contribution in [2.24, 2.45) is 0 Å². The standard InChI is InChI=1S/C12H20N2S/c1-10(2)13-12-3-5-14(8-12)7-11-4-6-15-9-11/h4,6,9-10,12-13H,3,5,7-8H2,1-2H3. The summed E-state index contributed by atoms with van der Waals surface area (Å²) in [5.74, 6) is 0. The lowest BCUT2D eigenvalue weighted by molar-refractivity contribution is 0.317. The van der Waals surface area contributed by atoms with Gasteiger partial charge in [-0.25, -0.2) is 0 Å². The molecule has 1 atom stereocenters. The van der Waals surface area contributed by atoms with Crippen molar-refractivity contribution in [1.29, 1.82) is 0 Å². The number of nitrogens with one attached hydrogen (secondary N) is 1. The Bertz CT molecular complexity index is 282. The van der Waals surface area contributed by atoms with Gasteiger partial charge in [0.1, 0.15) is 0 Å². The van der Waals surface area contributed by atoms with Crippen LogP contribution in [0.2, 0.25) is 0 Å². The highest BCUT2D eigenvalue weighted by Crippen LogP contribution is 2.15. The highest BCUT2D eigenvalue weighted by Gasteiger charge is 2.22. The molecular weight excluding hydrogens is 204 g/mol. The summed E-state index contributed by atoms with van der Waals surface area (Å²) < 4.78 is 0. The molecule has 1 saturated heterocycles. The predicted octanol–water partition coefficient (Wildman–Crippen LogP) is 2.32. The van der Waals surface area contributed by atoms with E-state index in [4.69, 9.17) is 0 Å². The Balaban J connectivity index is 1.78. The topological polar surface area (TPSA) is 15.3 Å². The first kappa shape index (κ1) is 11.1. The molecule has 0 bridgehead atoms. The van der Waals surface area contributed by atoms with Gasteiger partial charge in [0.25, 0.3) is 0 Å². The fourth-order valence-electron chi connectivity index (χ4n) is 2.22. The number of hydrogen-bond donors (Lipinski definition) is 1. The normalized spacial score (nSPS) is 22.7. The van der Waals surface area contributed by atoms with Crippen LogP contribution in [0.15, 0.2) is 16.8 Å². The van der Waals surface area contributed by atoms with Crippen LogP contribution >= 0.6 is 11.3 Å². The van der Waals surface area contributed by atoms with Crippen LogP contribution in [0.4, 0.5) is 0 Å². The van der Waals surface area contributed by atoms with E-state index in [-0.39, 0.29) is 0 Å². The molecule has 15 heavy (non-hydrogen) atoms. The van der Waals surface area contributed by atoms with Gasteiger partial charge in [0.2, 0.25) is 0 Å². The third-order valence-corrected chi connectivity index (χ3v) is 3.56. The van der Waals surface area contributed by atoms with E-state index in [2.05, 4.69) is 40.9 Å². The second-order valence-corrected chi connectivity index (χ2v) is 5.45. The highest BCUT2D eigenvalue weighted by atomic mass is 32.1. The molecule has 1 aromatic heterocycles. The third-order valence-electron chi connectivity index (χ3n) is 2.83. The van der Waals surface area contributed by atoms with Gasteiger partial charge in [-0.3, -0.25) is 4.90 Å². The molecule has 2 nitrogen and oxygen atoms in total. The molecule has 84 valence electrons. The van der Waals surface area contributed by atoms with Crippen LogP contribution in [0.1, 0.15) is 25.8 Å². The molecule has 0 aromatic carbocycles. The minimum Gasteiger partial charge on any atom is -0.310 e. The number of hydrogen-bond acceptors (Lipinski definition) is 3. The second-order valence-electron chi connectivity index (χ2n) is 4.67. The summed E-state index contributed by atoms with van der Waals surface area (Å²) in [6.45, 7) is 8.01. The summed E-state index contributed by atoms with van der Waals surface area (Å²) in [5, 5.41) is 8.03. The molecule has 0 amide bonds. The van der Waals surface area contributed by atoms with Gasteiger partial charge < -0.3 is 5.32 Å². The zero-order valence-corrected chi connectivity index (χ0v) is 10.4. The van der Waals surface area contributed by atoms with Crippen LogP contribution in [-0.2, 0) is 6.54 Å². The summed E-state index contributed by atoms with van der Waals surface area (Å²) in [6, 6.07) is 3.54. The third kappa shape index (κ3) is 3.30. The van der Waals surface area contributed by atoms with E-state index in [1.54, 1.807) is 11.3 Å². The lowest BCUT2D eigenvalue weighted by Crippen LogP contribution is -2.36. The molecule has 0 spiro atoms. The van der Waals surface area contributed by atoms with Crippen molar-refractivity contribution in [1.82, 2.24) is 10.2 Å². The van der Waals surface area contributed by atoms with Crippen molar-refractivity contribution >= 4 is 11.3 Å². The Morgan fingerprint density at radius 1 is 1.60 bits per heavy atom. The molecule has 3 heteroatoms. The number of nitrogens with zero attached hydrogens (tertiary/aromatic N) is 1. The molecule has 1 aromatic rings. The van der Waals surface area contributed by atoms with Crippen molar-refractivity contribution in [3.05, 3.63) is 22.4 Å². The van der Waals surface area contributed by atoms with Crippen LogP contribution in [-0.4, -0.2) is 30.1 Å². The van der Waals surface area contributed by atoms with Crippen LogP contribution in [0, 0.1) is 0 Å². The smallest absolute Gasteiger partial charge is 0.0242 e. The Morgan fingerprint density at radius 3 is 3.13 bits per heavy atom. The minimum absolute atomic E-state index is 0.607. The molecule has 0 radical (unpaired) electrons. The first-order valence-electron chi connectivity index (χ1n) is 5.73. The lowest BCUT2D eigenvalue weighted by atomic mass is 10.2. The van der Waals surface area contributed by atoms with Gasteiger partial charge in [-0.2, -0.15) is 11.3 Å².